The number of carboxylic acid groups (broad SMARTS) is 1. The van der Waals surface area contributed by atoms with Crippen LogP contribution in [0.25, 0.3) is 21.7 Å². The summed E-state index contributed by atoms with van der Waals surface area (Å²) < 4.78 is 10.9. The summed E-state index contributed by atoms with van der Waals surface area (Å²) in [4.78, 5) is 18.0. The van der Waals surface area contributed by atoms with Crippen molar-refractivity contribution in [2.24, 2.45) is 0 Å². The average molecular weight is 431 g/mol. The molecule has 1 aliphatic rings. The molecule has 4 aromatic rings. The van der Waals surface area contributed by atoms with Gasteiger partial charge in [0.2, 0.25) is 0 Å². The lowest BCUT2D eigenvalue weighted by Gasteiger charge is -2.31. The van der Waals surface area contributed by atoms with Crippen molar-refractivity contribution in [1.29, 1.82) is 0 Å². The van der Waals surface area contributed by atoms with E-state index >= 15 is 0 Å². The third kappa shape index (κ3) is 3.28. The zero-order valence-electron chi connectivity index (χ0n) is 18.2. The monoisotopic (exact) mass is 430 g/mol. The normalized spacial score (nSPS) is 17.6. The molecule has 0 unspecified atom stereocenters. The molecular formula is C26H26N2O4. The van der Waals surface area contributed by atoms with E-state index in [1.54, 1.807) is 14.2 Å². The zero-order valence-corrected chi connectivity index (χ0v) is 18.2. The van der Waals surface area contributed by atoms with E-state index in [4.69, 9.17) is 9.47 Å². The van der Waals surface area contributed by atoms with Crippen molar-refractivity contribution in [3.8, 4) is 11.5 Å². The second-order valence-electron chi connectivity index (χ2n) is 8.19. The van der Waals surface area contributed by atoms with Gasteiger partial charge in [0, 0.05) is 34.1 Å². The molecule has 1 saturated heterocycles. The minimum Gasteiger partial charge on any atom is -0.497 e. The second kappa shape index (κ2) is 8.20. The van der Waals surface area contributed by atoms with Gasteiger partial charge in [0.25, 0.3) is 0 Å². The number of ether oxygens (including phenoxy) is 2. The van der Waals surface area contributed by atoms with Crippen molar-refractivity contribution in [2.45, 2.75) is 24.9 Å². The number of aromatic amines is 1. The van der Waals surface area contributed by atoms with Gasteiger partial charge >= 0.3 is 5.97 Å². The molecule has 2 atom stereocenters. The molecule has 0 radical (unpaired) electrons. The highest BCUT2D eigenvalue weighted by atomic mass is 16.5. The van der Waals surface area contributed by atoms with E-state index in [9.17, 15) is 9.90 Å². The summed E-state index contributed by atoms with van der Waals surface area (Å²) in [7, 11) is 3.29. The number of hydrogen-bond donors (Lipinski definition) is 2. The van der Waals surface area contributed by atoms with Crippen LogP contribution in [0.15, 0.2) is 60.8 Å². The van der Waals surface area contributed by atoms with Crippen LogP contribution in [0.5, 0.6) is 11.5 Å². The summed E-state index contributed by atoms with van der Waals surface area (Å²) in [5.41, 5.74) is 2.80. The fourth-order valence-corrected chi connectivity index (χ4v) is 5.12. The van der Waals surface area contributed by atoms with Gasteiger partial charge in [0.15, 0.2) is 0 Å². The lowest BCUT2D eigenvalue weighted by molar-refractivity contribution is -0.144. The Hall–Kier alpha value is -3.51. The van der Waals surface area contributed by atoms with Crippen molar-refractivity contribution >= 4 is 27.6 Å². The third-order valence-electron chi connectivity index (χ3n) is 6.57. The maximum absolute atomic E-state index is 12.6. The van der Waals surface area contributed by atoms with Crippen LogP contribution in [-0.4, -0.2) is 41.7 Å². The summed E-state index contributed by atoms with van der Waals surface area (Å²) in [6.07, 6.45) is 3.68. The Labute approximate surface area is 186 Å². The molecule has 6 heteroatoms. The fourth-order valence-electron chi connectivity index (χ4n) is 5.12. The summed E-state index contributed by atoms with van der Waals surface area (Å²) >= 11 is 0. The first kappa shape index (κ1) is 20.4. The molecular weight excluding hydrogens is 404 g/mol. The largest absolute Gasteiger partial charge is 0.497 e. The van der Waals surface area contributed by atoms with Gasteiger partial charge in [0.1, 0.15) is 17.5 Å². The quantitative estimate of drug-likeness (QED) is 0.434. The molecule has 1 fully saturated rings. The Morgan fingerprint density at radius 1 is 1.06 bits per heavy atom. The van der Waals surface area contributed by atoms with Gasteiger partial charge in [-0.2, -0.15) is 0 Å². The van der Waals surface area contributed by atoms with E-state index in [1.807, 2.05) is 42.6 Å². The smallest absolute Gasteiger partial charge is 0.325 e. The van der Waals surface area contributed by atoms with Gasteiger partial charge < -0.3 is 19.6 Å². The van der Waals surface area contributed by atoms with E-state index in [-0.39, 0.29) is 6.04 Å². The Morgan fingerprint density at radius 2 is 1.88 bits per heavy atom. The van der Waals surface area contributed by atoms with Gasteiger partial charge in [-0.25, -0.2) is 0 Å². The van der Waals surface area contributed by atoms with Crippen molar-refractivity contribution in [3.05, 3.63) is 71.9 Å². The lowest BCUT2D eigenvalue weighted by atomic mass is 9.94. The molecule has 0 bridgehead atoms. The van der Waals surface area contributed by atoms with E-state index in [0.717, 1.165) is 57.9 Å². The zero-order chi connectivity index (χ0) is 22.2. The number of aromatic nitrogens is 1. The van der Waals surface area contributed by atoms with E-state index in [1.165, 1.54) is 0 Å². The molecule has 0 spiro atoms. The number of aliphatic carboxylic acids is 1. The first-order chi connectivity index (χ1) is 15.6. The highest BCUT2D eigenvalue weighted by molar-refractivity contribution is 5.92. The van der Waals surface area contributed by atoms with Crippen molar-refractivity contribution in [2.75, 3.05) is 20.8 Å². The minimum absolute atomic E-state index is 0.00228. The highest BCUT2D eigenvalue weighted by Gasteiger charge is 2.38. The summed E-state index contributed by atoms with van der Waals surface area (Å²) in [6.45, 7) is 0.721. The van der Waals surface area contributed by atoms with Crippen LogP contribution in [-0.2, 0) is 4.79 Å². The molecule has 6 nitrogen and oxygen atoms in total. The van der Waals surface area contributed by atoms with Gasteiger partial charge in [-0.3, -0.25) is 9.69 Å². The maximum Gasteiger partial charge on any atom is 0.325 e. The summed E-state index contributed by atoms with van der Waals surface area (Å²) in [6, 6.07) is 17.2. The number of nitrogens with one attached hydrogen (secondary N) is 1. The highest BCUT2D eigenvalue weighted by Crippen LogP contribution is 2.44. The number of H-pyrrole nitrogens is 1. The number of likely N-dealkylation sites (tertiary alicyclic amines) is 1. The minimum atomic E-state index is -0.849. The number of fused-ring (bicyclic) bond motifs is 2. The fraction of sp³-hybridized carbons (Fsp3) is 0.269. The van der Waals surface area contributed by atoms with Gasteiger partial charge in [-0.15, -0.1) is 0 Å². The van der Waals surface area contributed by atoms with Crippen molar-refractivity contribution in [1.82, 2.24) is 9.88 Å². The lowest BCUT2D eigenvalue weighted by Crippen LogP contribution is -2.33. The Morgan fingerprint density at radius 3 is 2.62 bits per heavy atom. The van der Waals surface area contributed by atoms with Gasteiger partial charge in [0.05, 0.1) is 14.2 Å². The van der Waals surface area contributed by atoms with E-state index in [2.05, 4.69) is 28.1 Å². The third-order valence-corrected chi connectivity index (χ3v) is 6.57. The van der Waals surface area contributed by atoms with Crippen molar-refractivity contribution in [3.63, 3.8) is 0 Å². The molecule has 0 amide bonds. The summed E-state index contributed by atoms with van der Waals surface area (Å²) in [5.74, 6) is 0.687. The molecule has 2 heterocycles. The first-order valence-corrected chi connectivity index (χ1v) is 10.8. The predicted molar refractivity (Wildman–Crippen MR) is 124 cm³/mol. The van der Waals surface area contributed by atoms with Crippen molar-refractivity contribution < 1.29 is 19.4 Å². The standard InChI is InChI=1S/C26H26N2O4/c1-31-16-9-11-22-20(14-16)21(15-27-22)25(26(29)30)28-13-5-8-23(28)18-10-12-24(32-2)19-7-4-3-6-17(18)19/h3-4,6-7,9-12,14-15,23,25,27H,5,8,13H2,1-2H3,(H,29,30)/t23-,25-/m0/s1. The van der Waals surface area contributed by atoms with Crippen LogP contribution in [0.1, 0.15) is 36.1 Å². The Bertz CT molecular complexity index is 1300. The average Bonchev–Trinajstić information content (AvgIpc) is 3.46. The topological polar surface area (TPSA) is 74.8 Å². The molecule has 1 aromatic heterocycles. The summed E-state index contributed by atoms with van der Waals surface area (Å²) in [5, 5.41) is 13.4. The second-order valence-corrected chi connectivity index (χ2v) is 8.19. The molecule has 0 saturated carbocycles. The number of carbonyl (C=O) groups is 1. The molecule has 32 heavy (non-hydrogen) atoms. The van der Waals surface area contributed by atoms with Crippen LogP contribution in [0.4, 0.5) is 0 Å². The first-order valence-electron chi connectivity index (χ1n) is 10.8. The molecule has 164 valence electrons. The number of carboxylic acids is 1. The Kier molecular flexibility index (Phi) is 5.23. The van der Waals surface area contributed by atoms with E-state index in [0.29, 0.717) is 5.75 Å². The number of hydrogen-bond acceptors (Lipinski definition) is 4. The Balaban J connectivity index is 1.62. The van der Waals surface area contributed by atoms with Crippen LogP contribution < -0.4 is 9.47 Å². The van der Waals surface area contributed by atoms with Crippen LogP contribution in [0, 0.1) is 0 Å². The molecule has 0 aliphatic carbocycles. The van der Waals surface area contributed by atoms with E-state index < -0.39 is 12.0 Å². The maximum atomic E-state index is 12.6. The SMILES string of the molecule is COc1ccc2[nH]cc([C@@H](C(=O)O)N3CCC[C@H]3c3ccc(OC)c4ccccc34)c2c1. The molecule has 1 aliphatic heterocycles. The van der Waals surface area contributed by atoms with Crippen LogP contribution in [0.3, 0.4) is 0 Å². The predicted octanol–water partition coefficient (Wildman–Crippen LogP) is 5.30. The van der Waals surface area contributed by atoms with Crippen LogP contribution >= 0.6 is 0 Å². The molecule has 3 aromatic carbocycles. The van der Waals surface area contributed by atoms with Gasteiger partial charge in [-0.1, -0.05) is 30.3 Å². The number of rotatable bonds is 6. The van der Waals surface area contributed by atoms with Crippen LogP contribution in [0.2, 0.25) is 0 Å². The molecule has 2 N–H and O–H groups in total. The van der Waals surface area contributed by atoms with Gasteiger partial charge in [-0.05, 0) is 54.6 Å². The number of methoxy groups -OCH3 is 2. The number of benzene rings is 3. The number of nitrogens with zero attached hydrogens (tertiary/aromatic N) is 1. The molecule has 5 rings (SSSR count).